The van der Waals surface area contributed by atoms with Crippen molar-refractivity contribution in [3.63, 3.8) is 0 Å². The standard InChI is InChI=1S/C16H14Cl2N4O3/c17-11-5-10(6-12(18)7-11)15(23)22-3-1-21(2-4-22)14-9-19-13(8-20-14)16(24)25/h5-9H,1-4H2,(H,24,25). The van der Waals surface area contributed by atoms with Crippen LogP contribution in [-0.2, 0) is 0 Å². The van der Waals surface area contributed by atoms with Crippen molar-refractivity contribution in [2.75, 3.05) is 31.1 Å². The molecule has 2 heterocycles. The lowest BCUT2D eigenvalue weighted by Gasteiger charge is -2.35. The zero-order valence-corrected chi connectivity index (χ0v) is 14.5. The Morgan fingerprint density at radius 2 is 1.60 bits per heavy atom. The number of anilines is 1. The van der Waals surface area contributed by atoms with Gasteiger partial charge in [-0.1, -0.05) is 23.2 Å². The molecule has 1 saturated heterocycles. The van der Waals surface area contributed by atoms with E-state index in [0.29, 0.717) is 47.6 Å². The van der Waals surface area contributed by atoms with E-state index in [1.807, 2.05) is 4.90 Å². The van der Waals surface area contributed by atoms with Crippen LogP contribution < -0.4 is 4.90 Å². The predicted octanol–water partition coefficient (Wildman–Crippen LogP) is 2.44. The summed E-state index contributed by atoms with van der Waals surface area (Å²) >= 11 is 11.9. The van der Waals surface area contributed by atoms with E-state index in [1.54, 1.807) is 23.1 Å². The van der Waals surface area contributed by atoms with Gasteiger partial charge in [-0.25, -0.2) is 14.8 Å². The fourth-order valence-electron chi connectivity index (χ4n) is 2.59. The van der Waals surface area contributed by atoms with Crippen molar-refractivity contribution in [2.45, 2.75) is 0 Å². The Morgan fingerprint density at radius 1 is 0.960 bits per heavy atom. The second kappa shape index (κ2) is 7.25. The van der Waals surface area contributed by atoms with Gasteiger partial charge in [0, 0.05) is 41.8 Å². The van der Waals surface area contributed by atoms with Crippen LogP contribution in [-0.4, -0.2) is 58.0 Å². The minimum atomic E-state index is -1.12. The van der Waals surface area contributed by atoms with Gasteiger partial charge in [-0.15, -0.1) is 0 Å². The van der Waals surface area contributed by atoms with Gasteiger partial charge < -0.3 is 14.9 Å². The molecule has 1 fully saturated rings. The first-order chi connectivity index (χ1) is 11.9. The van der Waals surface area contributed by atoms with E-state index in [4.69, 9.17) is 28.3 Å². The highest BCUT2D eigenvalue weighted by Gasteiger charge is 2.23. The van der Waals surface area contributed by atoms with E-state index in [-0.39, 0.29) is 11.6 Å². The third kappa shape index (κ3) is 4.00. The number of carboxylic acid groups (broad SMARTS) is 1. The van der Waals surface area contributed by atoms with Crippen molar-refractivity contribution in [3.8, 4) is 0 Å². The fourth-order valence-corrected chi connectivity index (χ4v) is 3.12. The first kappa shape index (κ1) is 17.4. The molecule has 1 aromatic heterocycles. The maximum absolute atomic E-state index is 12.6. The lowest BCUT2D eigenvalue weighted by Crippen LogP contribution is -2.49. The second-order valence-corrected chi connectivity index (χ2v) is 6.38. The van der Waals surface area contributed by atoms with Gasteiger partial charge in [0.2, 0.25) is 0 Å². The number of piperazine rings is 1. The van der Waals surface area contributed by atoms with Crippen LogP contribution in [0.3, 0.4) is 0 Å². The summed E-state index contributed by atoms with van der Waals surface area (Å²) in [5.74, 6) is -0.658. The van der Waals surface area contributed by atoms with Gasteiger partial charge in [0.25, 0.3) is 5.91 Å². The molecule has 130 valence electrons. The maximum Gasteiger partial charge on any atom is 0.356 e. The highest BCUT2D eigenvalue weighted by Crippen LogP contribution is 2.21. The summed E-state index contributed by atoms with van der Waals surface area (Å²) < 4.78 is 0. The molecule has 1 aliphatic rings. The van der Waals surface area contributed by atoms with Crippen LogP contribution in [0.5, 0.6) is 0 Å². The summed E-state index contributed by atoms with van der Waals surface area (Å²) in [5.41, 5.74) is 0.354. The molecule has 1 N–H and O–H groups in total. The van der Waals surface area contributed by atoms with Crippen molar-refractivity contribution in [3.05, 3.63) is 51.9 Å². The number of benzene rings is 1. The summed E-state index contributed by atoms with van der Waals surface area (Å²) in [6.07, 6.45) is 2.65. The van der Waals surface area contributed by atoms with Gasteiger partial charge in [-0.05, 0) is 18.2 Å². The van der Waals surface area contributed by atoms with E-state index in [2.05, 4.69) is 9.97 Å². The topological polar surface area (TPSA) is 86.6 Å². The van der Waals surface area contributed by atoms with Crippen LogP contribution in [0.1, 0.15) is 20.8 Å². The molecule has 1 aromatic carbocycles. The number of carboxylic acids is 1. The number of halogens is 2. The summed E-state index contributed by atoms with van der Waals surface area (Å²) in [4.78, 5) is 35.0. The monoisotopic (exact) mass is 380 g/mol. The number of hydrogen-bond donors (Lipinski definition) is 1. The summed E-state index contributed by atoms with van der Waals surface area (Å²) in [6, 6.07) is 4.77. The number of carbonyl (C=O) groups excluding carboxylic acids is 1. The van der Waals surface area contributed by atoms with Crippen molar-refractivity contribution in [1.82, 2.24) is 14.9 Å². The molecule has 0 saturated carbocycles. The Kier molecular flexibility index (Phi) is 5.06. The molecule has 0 aliphatic carbocycles. The number of aromatic nitrogens is 2. The molecule has 2 aromatic rings. The molecule has 0 atom stereocenters. The van der Waals surface area contributed by atoms with E-state index in [9.17, 15) is 9.59 Å². The van der Waals surface area contributed by atoms with Crippen LogP contribution in [0.15, 0.2) is 30.6 Å². The molecule has 0 radical (unpaired) electrons. The van der Waals surface area contributed by atoms with Crippen LogP contribution in [0.2, 0.25) is 10.0 Å². The zero-order valence-electron chi connectivity index (χ0n) is 13.0. The van der Waals surface area contributed by atoms with Crippen LogP contribution in [0.25, 0.3) is 0 Å². The molecule has 1 amide bonds. The largest absolute Gasteiger partial charge is 0.476 e. The lowest BCUT2D eigenvalue weighted by atomic mass is 10.2. The fraction of sp³-hybridized carbons (Fsp3) is 0.250. The van der Waals surface area contributed by atoms with Crippen LogP contribution in [0.4, 0.5) is 5.82 Å². The summed E-state index contributed by atoms with van der Waals surface area (Å²) in [7, 11) is 0. The van der Waals surface area contributed by atoms with E-state index in [1.165, 1.54) is 12.4 Å². The van der Waals surface area contributed by atoms with Crippen molar-refractivity contribution in [1.29, 1.82) is 0 Å². The lowest BCUT2D eigenvalue weighted by molar-refractivity contribution is 0.0688. The van der Waals surface area contributed by atoms with Crippen molar-refractivity contribution < 1.29 is 14.7 Å². The Balaban J connectivity index is 1.65. The van der Waals surface area contributed by atoms with Crippen molar-refractivity contribution in [2.24, 2.45) is 0 Å². The maximum atomic E-state index is 12.6. The zero-order chi connectivity index (χ0) is 18.0. The number of hydrogen-bond acceptors (Lipinski definition) is 5. The molecular formula is C16H14Cl2N4O3. The molecule has 3 rings (SSSR count). The Morgan fingerprint density at radius 3 is 2.12 bits per heavy atom. The van der Waals surface area contributed by atoms with E-state index < -0.39 is 5.97 Å². The quantitative estimate of drug-likeness (QED) is 0.879. The molecular weight excluding hydrogens is 367 g/mol. The molecule has 1 aliphatic heterocycles. The van der Waals surface area contributed by atoms with E-state index in [0.717, 1.165) is 0 Å². The third-order valence-corrected chi connectivity index (χ3v) is 4.29. The van der Waals surface area contributed by atoms with Crippen LogP contribution >= 0.6 is 23.2 Å². The van der Waals surface area contributed by atoms with Gasteiger partial charge in [-0.3, -0.25) is 4.79 Å². The molecule has 0 bridgehead atoms. The Labute approximate surface area is 153 Å². The normalized spacial score (nSPS) is 14.5. The molecule has 0 unspecified atom stereocenters. The molecule has 9 heteroatoms. The Hall–Kier alpha value is -2.38. The minimum absolute atomic E-state index is 0.101. The first-order valence-corrected chi connectivity index (χ1v) is 8.25. The van der Waals surface area contributed by atoms with Gasteiger partial charge in [-0.2, -0.15) is 0 Å². The molecule has 25 heavy (non-hydrogen) atoms. The molecule has 0 spiro atoms. The van der Waals surface area contributed by atoms with E-state index >= 15 is 0 Å². The predicted molar refractivity (Wildman–Crippen MR) is 93.6 cm³/mol. The SMILES string of the molecule is O=C(O)c1cnc(N2CCN(C(=O)c3cc(Cl)cc(Cl)c3)CC2)cn1. The third-order valence-electron chi connectivity index (χ3n) is 3.86. The van der Waals surface area contributed by atoms with Gasteiger partial charge in [0.05, 0.1) is 12.4 Å². The first-order valence-electron chi connectivity index (χ1n) is 7.49. The average Bonchev–Trinajstić information content (AvgIpc) is 2.60. The summed E-state index contributed by atoms with van der Waals surface area (Å²) in [6.45, 7) is 2.15. The number of nitrogens with zero attached hydrogens (tertiary/aromatic N) is 4. The number of amides is 1. The number of carbonyl (C=O) groups is 2. The van der Waals surface area contributed by atoms with Gasteiger partial charge in [0.15, 0.2) is 5.69 Å². The highest BCUT2D eigenvalue weighted by molar-refractivity contribution is 6.35. The summed E-state index contributed by atoms with van der Waals surface area (Å²) in [5, 5.41) is 9.69. The average molecular weight is 381 g/mol. The van der Waals surface area contributed by atoms with Gasteiger partial charge in [0.1, 0.15) is 5.82 Å². The van der Waals surface area contributed by atoms with Crippen molar-refractivity contribution >= 4 is 40.9 Å². The Bertz CT molecular complexity index is 785. The highest BCUT2D eigenvalue weighted by atomic mass is 35.5. The molecule has 7 nitrogen and oxygen atoms in total. The van der Waals surface area contributed by atoms with Crippen LogP contribution in [0, 0.1) is 0 Å². The minimum Gasteiger partial charge on any atom is -0.476 e. The van der Waals surface area contributed by atoms with Gasteiger partial charge >= 0.3 is 5.97 Å². The smallest absolute Gasteiger partial charge is 0.356 e. The second-order valence-electron chi connectivity index (χ2n) is 5.50. The number of rotatable bonds is 3. The number of aromatic carboxylic acids is 1.